The van der Waals surface area contributed by atoms with E-state index < -0.39 is 21.9 Å². The average molecular weight is 368 g/mol. The molecule has 1 aliphatic heterocycles. The molecule has 0 radical (unpaired) electrons. The number of hydrogen-bond donors (Lipinski definition) is 1. The summed E-state index contributed by atoms with van der Waals surface area (Å²) in [4.78, 5) is 22.5. The summed E-state index contributed by atoms with van der Waals surface area (Å²) < 4.78 is 31.7. The lowest BCUT2D eigenvalue weighted by atomic mass is 9.94. The average Bonchev–Trinajstić information content (AvgIpc) is 2.52. The van der Waals surface area contributed by atoms with E-state index in [1.165, 1.54) is 35.5 Å². The van der Waals surface area contributed by atoms with E-state index in [0.717, 1.165) is 6.42 Å². The summed E-state index contributed by atoms with van der Waals surface area (Å²) in [7, 11) is -3.54. The van der Waals surface area contributed by atoms with E-state index in [9.17, 15) is 18.0 Å². The molecule has 2 rings (SSSR count). The summed E-state index contributed by atoms with van der Waals surface area (Å²) in [5, 5.41) is 2.55. The highest BCUT2D eigenvalue weighted by Crippen LogP contribution is 2.27. The van der Waals surface area contributed by atoms with E-state index in [-0.39, 0.29) is 11.5 Å². The Labute approximate surface area is 148 Å². The monoisotopic (exact) mass is 368 g/mol. The largest absolute Gasteiger partial charge is 0.456 e. The number of rotatable bonds is 5. The van der Waals surface area contributed by atoms with Gasteiger partial charge < -0.3 is 10.1 Å². The molecular formula is C17H24N2O5S. The highest BCUT2D eigenvalue weighted by atomic mass is 32.2. The number of carbonyl (C=O) groups is 2. The number of nitrogens with zero attached hydrogens (tertiary/aromatic N) is 1. The number of sulfonamides is 1. The first kappa shape index (κ1) is 19.4. The molecule has 0 aromatic heterocycles. The van der Waals surface area contributed by atoms with Crippen molar-refractivity contribution in [3.05, 3.63) is 24.3 Å². The molecule has 1 saturated heterocycles. The fraction of sp³-hybridized carbons (Fsp3) is 0.529. The molecule has 1 heterocycles. The van der Waals surface area contributed by atoms with E-state index in [0.29, 0.717) is 30.6 Å². The van der Waals surface area contributed by atoms with Crippen LogP contribution in [-0.2, 0) is 24.3 Å². The third kappa shape index (κ3) is 5.27. The maximum Gasteiger partial charge on any atom is 0.303 e. The molecule has 25 heavy (non-hydrogen) atoms. The smallest absolute Gasteiger partial charge is 0.303 e. The van der Waals surface area contributed by atoms with Crippen LogP contribution >= 0.6 is 0 Å². The maximum absolute atomic E-state index is 12.8. The Morgan fingerprint density at radius 1 is 1.16 bits per heavy atom. The molecule has 138 valence electrons. The van der Waals surface area contributed by atoms with Gasteiger partial charge in [0, 0.05) is 25.7 Å². The summed E-state index contributed by atoms with van der Waals surface area (Å²) in [6.45, 7) is 6.00. The van der Waals surface area contributed by atoms with Crippen molar-refractivity contribution < 1.29 is 22.7 Å². The SMILES string of the molecule is CC(=O)OCC(=O)Nc1ccc(S(=O)(=O)N2C[C@@H](C)C[C@H](C)C2)cc1. The Morgan fingerprint density at radius 2 is 1.72 bits per heavy atom. The minimum absolute atomic E-state index is 0.201. The van der Waals surface area contributed by atoms with Crippen molar-refractivity contribution in [2.24, 2.45) is 11.8 Å². The molecule has 1 fully saturated rings. The number of amides is 1. The number of nitrogens with one attached hydrogen (secondary N) is 1. The molecule has 0 unspecified atom stereocenters. The van der Waals surface area contributed by atoms with Crippen LogP contribution in [0.25, 0.3) is 0 Å². The summed E-state index contributed by atoms with van der Waals surface area (Å²) >= 11 is 0. The van der Waals surface area contributed by atoms with Crippen molar-refractivity contribution in [3.8, 4) is 0 Å². The second-order valence-electron chi connectivity index (χ2n) is 6.62. The van der Waals surface area contributed by atoms with E-state index in [1.54, 1.807) is 0 Å². The Bertz CT molecular complexity index is 720. The fourth-order valence-corrected chi connectivity index (χ4v) is 4.71. The minimum atomic E-state index is -3.54. The second-order valence-corrected chi connectivity index (χ2v) is 8.56. The Kier molecular flexibility index (Phi) is 6.18. The van der Waals surface area contributed by atoms with Gasteiger partial charge in [-0.05, 0) is 42.5 Å². The van der Waals surface area contributed by atoms with Crippen LogP contribution in [0.2, 0.25) is 0 Å². The first-order valence-electron chi connectivity index (χ1n) is 8.22. The van der Waals surface area contributed by atoms with Gasteiger partial charge >= 0.3 is 5.97 Å². The predicted octanol–water partition coefficient (Wildman–Crippen LogP) is 1.85. The molecule has 1 aromatic rings. The van der Waals surface area contributed by atoms with Crippen LogP contribution in [0.4, 0.5) is 5.69 Å². The zero-order valence-electron chi connectivity index (χ0n) is 14.7. The Balaban J connectivity index is 2.05. The molecule has 1 aliphatic rings. The topological polar surface area (TPSA) is 92.8 Å². The molecule has 2 atom stereocenters. The van der Waals surface area contributed by atoms with Crippen LogP contribution in [-0.4, -0.2) is 44.3 Å². The van der Waals surface area contributed by atoms with E-state index in [4.69, 9.17) is 0 Å². The van der Waals surface area contributed by atoms with Crippen molar-refractivity contribution >= 4 is 27.6 Å². The third-order valence-electron chi connectivity index (χ3n) is 4.02. The predicted molar refractivity (Wildman–Crippen MR) is 93.4 cm³/mol. The van der Waals surface area contributed by atoms with Crippen LogP contribution in [0.5, 0.6) is 0 Å². The number of benzene rings is 1. The number of hydrogen-bond acceptors (Lipinski definition) is 5. The van der Waals surface area contributed by atoms with Gasteiger partial charge in [0.05, 0.1) is 4.90 Å². The number of anilines is 1. The molecule has 0 aliphatic carbocycles. The van der Waals surface area contributed by atoms with Crippen LogP contribution in [0, 0.1) is 11.8 Å². The van der Waals surface area contributed by atoms with E-state index in [1.807, 2.05) is 0 Å². The Hall–Kier alpha value is -1.93. The van der Waals surface area contributed by atoms with E-state index in [2.05, 4.69) is 23.9 Å². The molecule has 7 nitrogen and oxygen atoms in total. The lowest BCUT2D eigenvalue weighted by Gasteiger charge is -2.34. The third-order valence-corrected chi connectivity index (χ3v) is 5.86. The van der Waals surface area contributed by atoms with Gasteiger partial charge in [0.15, 0.2) is 6.61 Å². The Morgan fingerprint density at radius 3 is 2.24 bits per heavy atom. The molecule has 1 amide bonds. The van der Waals surface area contributed by atoms with Gasteiger partial charge in [0.2, 0.25) is 10.0 Å². The second kappa shape index (κ2) is 7.97. The van der Waals surface area contributed by atoms with Crippen molar-refractivity contribution in [3.63, 3.8) is 0 Å². The highest BCUT2D eigenvalue weighted by molar-refractivity contribution is 7.89. The van der Waals surface area contributed by atoms with Crippen molar-refractivity contribution in [1.29, 1.82) is 0 Å². The van der Waals surface area contributed by atoms with Crippen LogP contribution < -0.4 is 5.32 Å². The summed E-state index contributed by atoms with van der Waals surface area (Å²) in [6.07, 6.45) is 1.03. The fourth-order valence-electron chi connectivity index (χ4n) is 3.03. The molecule has 0 saturated carbocycles. The minimum Gasteiger partial charge on any atom is -0.456 e. The van der Waals surface area contributed by atoms with E-state index >= 15 is 0 Å². The first-order chi connectivity index (χ1) is 11.7. The van der Waals surface area contributed by atoms with Crippen molar-refractivity contribution in [2.75, 3.05) is 25.0 Å². The number of ether oxygens (including phenoxy) is 1. The van der Waals surface area contributed by atoms with Crippen molar-refractivity contribution in [2.45, 2.75) is 32.1 Å². The number of carbonyl (C=O) groups excluding carboxylic acids is 2. The van der Waals surface area contributed by atoms with Gasteiger partial charge in [-0.2, -0.15) is 4.31 Å². The van der Waals surface area contributed by atoms with Gasteiger partial charge in [0.1, 0.15) is 0 Å². The van der Waals surface area contributed by atoms with Gasteiger partial charge in [-0.15, -0.1) is 0 Å². The zero-order chi connectivity index (χ0) is 18.6. The van der Waals surface area contributed by atoms with Crippen molar-refractivity contribution in [1.82, 2.24) is 4.31 Å². The first-order valence-corrected chi connectivity index (χ1v) is 9.66. The number of piperidine rings is 1. The van der Waals surface area contributed by atoms with Gasteiger partial charge in [-0.3, -0.25) is 9.59 Å². The molecular weight excluding hydrogens is 344 g/mol. The van der Waals surface area contributed by atoms with Crippen LogP contribution in [0.15, 0.2) is 29.2 Å². The molecule has 8 heteroatoms. The van der Waals surface area contributed by atoms with Crippen LogP contribution in [0.3, 0.4) is 0 Å². The van der Waals surface area contributed by atoms with Gasteiger partial charge in [-0.25, -0.2) is 8.42 Å². The maximum atomic E-state index is 12.8. The normalized spacial score (nSPS) is 21.6. The summed E-state index contributed by atoms with van der Waals surface area (Å²) in [6, 6.07) is 5.99. The molecule has 0 spiro atoms. The highest BCUT2D eigenvalue weighted by Gasteiger charge is 2.31. The van der Waals surface area contributed by atoms with Gasteiger partial charge in [0.25, 0.3) is 5.91 Å². The lowest BCUT2D eigenvalue weighted by Crippen LogP contribution is -2.42. The lowest BCUT2D eigenvalue weighted by molar-refractivity contribution is -0.144. The van der Waals surface area contributed by atoms with Gasteiger partial charge in [-0.1, -0.05) is 13.8 Å². The quantitative estimate of drug-likeness (QED) is 0.801. The summed E-state index contributed by atoms with van der Waals surface area (Å²) in [5.74, 6) is -0.359. The molecule has 1 N–H and O–H groups in total. The zero-order valence-corrected chi connectivity index (χ0v) is 15.5. The standard InChI is InChI=1S/C17H24N2O5S/c1-12-8-13(2)10-19(9-12)25(22,23)16-6-4-15(5-7-16)18-17(21)11-24-14(3)20/h4-7,12-13H,8-11H2,1-3H3,(H,18,21)/t12-,13-/m0/s1. The number of esters is 1. The summed E-state index contributed by atoms with van der Waals surface area (Å²) in [5.41, 5.74) is 0.441. The molecule has 0 bridgehead atoms. The molecule has 1 aromatic carbocycles. The van der Waals surface area contributed by atoms with Crippen LogP contribution in [0.1, 0.15) is 27.2 Å².